The SMILES string of the molecule is Cn1c(=O)c2c(-c3ccco3)c(C(=O)Nc3ccc(Cl)cc3)c(N)nc2n(C)c1=O. The lowest BCUT2D eigenvalue weighted by atomic mass is 10.0. The van der Waals surface area contributed by atoms with Crippen molar-refractivity contribution in [3.63, 3.8) is 0 Å². The highest BCUT2D eigenvalue weighted by Crippen LogP contribution is 2.33. The molecule has 3 heterocycles. The van der Waals surface area contributed by atoms with Crippen LogP contribution in [0.25, 0.3) is 22.4 Å². The number of aryl methyl sites for hydroxylation is 1. The number of rotatable bonds is 3. The fraction of sp³-hybridized carbons (Fsp3) is 0.100. The molecule has 0 fully saturated rings. The Kier molecular flexibility index (Phi) is 4.67. The summed E-state index contributed by atoms with van der Waals surface area (Å²) in [4.78, 5) is 42.6. The Morgan fingerprint density at radius 2 is 1.83 bits per heavy atom. The number of benzene rings is 1. The number of pyridine rings is 1. The summed E-state index contributed by atoms with van der Waals surface area (Å²) in [7, 11) is 2.82. The zero-order valence-corrected chi connectivity index (χ0v) is 16.7. The summed E-state index contributed by atoms with van der Waals surface area (Å²) in [5.41, 5.74) is 5.58. The number of nitrogens with one attached hydrogen (secondary N) is 1. The number of anilines is 2. The Morgan fingerprint density at radius 1 is 1.13 bits per heavy atom. The maximum atomic E-state index is 13.1. The predicted octanol–water partition coefficient (Wildman–Crippen LogP) is 2.38. The largest absolute Gasteiger partial charge is 0.464 e. The molecule has 0 atom stereocenters. The molecule has 0 bridgehead atoms. The van der Waals surface area contributed by atoms with E-state index in [1.807, 2.05) is 0 Å². The minimum absolute atomic E-state index is 0.0388. The van der Waals surface area contributed by atoms with Crippen LogP contribution in [0.5, 0.6) is 0 Å². The number of halogens is 1. The van der Waals surface area contributed by atoms with Crippen molar-refractivity contribution in [2.75, 3.05) is 11.1 Å². The first kappa shape index (κ1) is 19.5. The first-order chi connectivity index (χ1) is 14.3. The third kappa shape index (κ3) is 3.05. The molecule has 0 spiro atoms. The van der Waals surface area contributed by atoms with Crippen LogP contribution in [0.15, 0.2) is 56.7 Å². The van der Waals surface area contributed by atoms with E-state index in [0.717, 1.165) is 4.57 Å². The first-order valence-electron chi connectivity index (χ1n) is 8.79. The molecule has 0 aliphatic heterocycles. The molecule has 0 unspecified atom stereocenters. The van der Waals surface area contributed by atoms with Gasteiger partial charge in [0.15, 0.2) is 5.65 Å². The summed E-state index contributed by atoms with van der Waals surface area (Å²) < 4.78 is 7.62. The second-order valence-corrected chi connectivity index (χ2v) is 7.03. The van der Waals surface area contributed by atoms with Crippen molar-refractivity contribution in [2.24, 2.45) is 14.1 Å². The number of nitrogens with zero attached hydrogens (tertiary/aromatic N) is 3. The number of fused-ring (bicyclic) bond motifs is 1. The average Bonchev–Trinajstić information content (AvgIpc) is 3.26. The second kappa shape index (κ2) is 7.20. The van der Waals surface area contributed by atoms with E-state index in [2.05, 4.69) is 10.3 Å². The quantitative estimate of drug-likeness (QED) is 0.519. The molecule has 9 nitrogen and oxygen atoms in total. The van der Waals surface area contributed by atoms with Crippen LogP contribution in [-0.4, -0.2) is 20.0 Å². The minimum Gasteiger partial charge on any atom is -0.464 e. The predicted molar refractivity (Wildman–Crippen MR) is 114 cm³/mol. The van der Waals surface area contributed by atoms with Gasteiger partial charge in [-0.15, -0.1) is 0 Å². The third-order valence-corrected chi connectivity index (χ3v) is 4.96. The van der Waals surface area contributed by atoms with Crippen molar-refractivity contribution in [3.05, 3.63) is 74.1 Å². The molecular weight excluding hydrogens is 410 g/mol. The van der Waals surface area contributed by atoms with Gasteiger partial charge in [-0.05, 0) is 36.4 Å². The van der Waals surface area contributed by atoms with Crippen molar-refractivity contribution in [1.29, 1.82) is 0 Å². The zero-order chi connectivity index (χ0) is 21.6. The van der Waals surface area contributed by atoms with E-state index >= 15 is 0 Å². The molecule has 4 rings (SSSR count). The summed E-state index contributed by atoms with van der Waals surface area (Å²) in [5, 5.41) is 3.28. The Morgan fingerprint density at radius 3 is 2.47 bits per heavy atom. The van der Waals surface area contributed by atoms with Gasteiger partial charge in [0.1, 0.15) is 11.6 Å². The number of carbonyl (C=O) groups is 1. The van der Waals surface area contributed by atoms with Gasteiger partial charge in [0.05, 0.1) is 22.8 Å². The molecule has 3 N–H and O–H groups in total. The molecule has 3 aromatic heterocycles. The van der Waals surface area contributed by atoms with Crippen LogP contribution in [0.4, 0.5) is 11.5 Å². The molecule has 0 saturated carbocycles. The number of nitrogen functional groups attached to an aromatic ring is 1. The fourth-order valence-electron chi connectivity index (χ4n) is 3.23. The van der Waals surface area contributed by atoms with Crippen LogP contribution in [0.2, 0.25) is 5.02 Å². The number of nitrogens with two attached hydrogens (primary N) is 1. The van der Waals surface area contributed by atoms with Crippen LogP contribution in [0.1, 0.15) is 10.4 Å². The Hall–Kier alpha value is -3.85. The minimum atomic E-state index is -0.618. The van der Waals surface area contributed by atoms with Gasteiger partial charge in [-0.2, -0.15) is 0 Å². The van der Waals surface area contributed by atoms with E-state index in [-0.39, 0.29) is 33.7 Å². The van der Waals surface area contributed by atoms with E-state index in [9.17, 15) is 14.4 Å². The molecule has 0 aliphatic carbocycles. The first-order valence-corrected chi connectivity index (χ1v) is 9.17. The fourth-order valence-corrected chi connectivity index (χ4v) is 3.36. The standard InChI is InChI=1S/C20H16ClN5O4/c1-25-17-15(19(28)26(2)20(25)29)13(12-4-3-9-30-12)14(16(22)24-17)18(27)23-11-7-5-10(21)6-8-11/h3-9H,1-2H3,(H2,22,24)(H,23,27). The lowest BCUT2D eigenvalue weighted by Crippen LogP contribution is -2.38. The monoisotopic (exact) mass is 425 g/mol. The zero-order valence-electron chi connectivity index (χ0n) is 16.0. The Labute approximate surface area is 174 Å². The van der Waals surface area contributed by atoms with Gasteiger partial charge in [-0.3, -0.25) is 18.7 Å². The highest BCUT2D eigenvalue weighted by atomic mass is 35.5. The molecule has 1 aromatic carbocycles. The molecule has 0 radical (unpaired) electrons. The molecule has 152 valence electrons. The van der Waals surface area contributed by atoms with E-state index in [4.69, 9.17) is 21.8 Å². The third-order valence-electron chi connectivity index (χ3n) is 4.71. The van der Waals surface area contributed by atoms with Crippen LogP contribution >= 0.6 is 11.6 Å². The second-order valence-electron chi connectivity index (χ2n) is 6.59. The average molecular weight is 426 g/mol. The summed E-state index contributed by atoms with van der Waals surface area (Å²) in [6.45, 7) is 0. The van der Waals surface area contributed by atoms with Crippen molar-refractivity contribution >= 4 is 40.0 Å². The van der Waals surface area contributed by atoms with E-state index in [1.165, 1.54) is 24.9 Å². The molecule has 10 heteroatoms. The Bertz CT molecular complexity index is 1400. The normalized spacial score (nSPS) is 11.0. The number of aromatic nitrogens is 3. The van der Waals surface area contributed by atoms with E-state index in [0.29, 0.717) is 10.7 Å². The van der Waals surface area contributed by atoms with Gasteiger partial charge in [0.2, 0.25) is 0 Å². The number of furan rings is 1. The Balaban J connectivity index is 2.04. The van der Waals surface area contributed by atoms with Crippen LogP contribution in [-0.2, 0) is 14.1 Å². The number of hydrogen-bond acceptors (Lipinski definition) is 6. The van der Waals surface area contributed by atoms with Crippen molar-refractivity contribution in [3.8, 4) is 11.3 Å². The molecule has 0 aliphatic rings. The van der Waals surface area contributed by atoms with Crippen LogP contribution in [0.3, 0.4) is 0 Å². The van der Waals surface area contributed by atoms with Gasteiger partial charge in [-0.1, -0.05) is 11.6 Å². The van der Waals surface area contributed by atoms with Gasteiger partial charge < -0.3 is 15.5 Å². The van der Waals surface area contributed by atoms with E-state index < -0.39 is 17.2 Å². The molecule has 4 aromatic rings. The number of amides is 1. The smallest absolute Gasteiger partial charge is 0.332 e. The summed E-state index contributed by atoms with van der Waals surface area (Å²) in [5.74, 6) is -0.499. The van der Waals surface area contributed by atoms with Crippen LogP contribution < -0.4 is 22.3 Å². The maximum Gasteiger partial charge on any atom is 0.332 e. The van der Waals surface area contributed by atoms with Gasteiger partial charge in [-0.25, -0.2) is 9.78 Å². The molecular formula is C20H16ClN5O4. The van der Waals surface area contributed by atoms with Crippen molar-refractivity contribution in [2.45, 2.75) is 0 Å². The van der Waals surface area contributed by atoms with Gasteiger partial charge in [0.25, 0.3) is 11.5 Å². The van der Waals surface area contributed by atoms with Crippen molar-refractivity contribution < 1.29 is 9.21 Å². The lowest BCUT2D eigenvalue weighted by molar-refractivity contribution is 0.102. The summed E-state index contributed by atoms with van der Waals surface area (Å²) in [6.07, 6.45) is 1.41. The summed E-state index contributed by atoms with van der Waals surface area (Å²) in [6, 6.07) is 9.71. The maximum absolute atomic E-state index is 13.1. The van der Waals surface area contributed by atoms with Crippen LogP contribution in [0, 0.1) is 0 Å². The number of hydrogen-bond donors (Lipinski definition) is 2. The summed E-state index contributed by atoms with van der Waals surface area (Å²) >= 11 is 5.89. The van der Waals surface area contributed by atoms with E-state index in [1.54, 1.807) is 36.4 Å². The van der Waals surface area contributed by atoms with Gasteiger partial charge >= 0.3 is 5.69 Å². The molecule has 1 amide bonds. The lowest BCUT2D eigenvalue weighted by Gasteiger charge is -2.15. The number of carbonyl (C=O) groups excluding carboxylic acids is 1. The molecule has 0 saturated heterocycles. The highest BCUT2D eigenvalue weighted by molar-refractivity contribution is 6.30. The molecule has 30 heavy (non-hydrogen) atoms. The van der Waals surface area contributed by atoms with Gasteiger partial charge in [0, 0.05) is 24.8 Å². The highest BCUT2D eigenvalue weighted by Gasteiger charge is 2.26. The topological polar surface area (TPSA) is 125 Å². The van der Waals surface area contributed by atoms with Crippen molar-refractivity contribution in [1.82, 2.24) is 14.1 Å².